The van der Waals surface area contributed by atoms with Crippen molar-refractivity contribution in [3.63, 3.8) is 0 Å². The number of carbonyl (C=O) groups excluding carboxylic acids is 1. The van der Waals surface area contributed by atoms with Gasteiger partial charge in [0.1, 0.15) is 18.1 Å². The minimum atomic E-state index is -1.54. The third-order valence-corrected chi connectivity index (χ3v) is 6.85. The summed E-state index contributed by atoms with van der Waals surface area (Å²) in [5.41, 5.74) is 2.74. The molecule has 1 fully saturated rings. The molecule has 1 heterocycles. The number of hydrogen-bond acceptors (Lipinski definition) is 7. The van der Waals surface area contributed by atoms with Gasteiger partial charge in [0.15, 0.2) is 5.79 Å². The zero-order valence-electron chi connectivity index (χ0n) is 23.9. The molecule has 0 amide bonds. The quantitative estimate of drug-likeness (QED) is 0.127. The molecule has 1 saturated heterocycles. The molecule has 1 atom stereocenters. The molecule has 1 aliphatic heterocycles. The molecule has 3 aromatic rings. The Morgan fingerprint density at radius 3 is 1.98 bits per heavy atom. The van der Waals surface area contributed by atoms with Gasteiger partial charge in [0.25, 0.3) is 5.79 Å². The van der Waals surface area contributed by atoms with Gasteiger partial charge in [0.05, 0.1) is 12.2 Å². The van der Waals surface area contributed by atoms with Crippen LogP contribution in [0.1, 0.15) is 75.2 Å². The maximum atomic E-state index is 12.6. The third kappa shape index (κ3) is 8.31. The van der Waals surface area contributed by atoms with Gasteiger partial charge in [-0.05, 0) is 67.8 Å². The van der Waals surface area contributed by atoms with E-state index >= 15 is 0 Å². The number of ether oxygens (including phenoxy) is 5. The van der Waals surface area contributed by atoms with E-state index in [2.05, 4.69) is 6.92 Å². The van der Waals surface area contributed by atoms with Crippen LogP contribution in [0.15, 0.2) is 72.8 Å². The van der Waals surface area contributed by atoms with E-state index in [1.165, 1.54) is 32.1 Å². The van der Waals surface area contributed by atoms with Crippen molar-refractivity contribution >= 4 is 12.1 Å². The summed E-state index contributed by atoms with van der Waals surface area (Å²) in [6, 6.07) is 21.3. The fourth-order valence-corrected chi connectivity index (χ4v) is 4.67. The molecular formula is C33H38O8. The zero-order valence-corrected chi connectivity index (χ0v) is 23.9. The van der Waals surface area contributed by atoms with Crippen LogP contribution in [0.5, 0.6) is 11.5 Å². The Hall–Kier alpha value is -3.88. The molecule has 0 bridgehead atoms. The number of hydrogen-bond donors (Lipinski definition) is 1. The molecule has 0 unspecified atom stereocenters. The molecule has 41 heavy (non-hydrogen) atoms. The monoisotopic (exact) mass is 562 g/mol. The lowest BCUT2D eigenvalue weighted by Gasteiger charge is -2.28. The summed E-state index contributed by atoms with van der Waals surface area (Å²) in [7, 11) is 0. The first-order valence-electron chi connectivity index (χ1n) is 14.1. The highest BCUT2D eigenvalue weighted by atomic mass is 16.9. The Kier molecular flexibility index (Phi) is 10.0. The fraction of sp³-hybridized carbons (Fsp3) is 0.394. The van der Waals surface area contributed by atoms with E-state index in [4.69, 9.17) is 23.7 Å². The van der Waals surface area contributed by atoms with Crippen LogP contribution in [0.2, 0.25) is 0 Å². The van der Waals surface area contributed by atoms with Crippen LogP contribution in [-0.4, -0.2) is 36.2 Å². The molecular weight excluding hydrogens is 524 g/mol. The maximum absolute atomic E-state index is 12.6. The average molecular weight is 563 g/mol. The topological polar surface area (TPSA) is 101 Å². The summed E-state index contributed by atoms with van der Waals surface area (Å²) < 4.78 is 27.9. The minimum Gasteiger partial charge on any atom is -0.494 e. The van der Waals surface area contributed by atoms with Gasteiger partial charge in [0, 0.05) is 5.56 Å². The Morgan fingerprint density at radius 1 is 0.805 bits per heavy atom. The standard InChI is InChI=1S/C33H38O8/c1-4-5-6-7-8-9-22-37-28-18-14-26(15-19-28)30(34)39-29-20-12-25(13-21-29)24-10-16-27(17-11-24)33(40-31(35)36)23-38-32(2,3)41-33/h10-21H,4-9,22-23H2,1-3H3,(H,35,36)/t33-/m1/s1. The molecule has 0 aliphatic carbocycles. The summed E-state index contributed by atoms with van der Waals surface area (Å²) in [6.07, 6.45) is 5.79. The SMILES string of the molecule is CCCCCCCCOc1ccc(C(=O)Oc2ccc(-c3ccc([C@@]4(OC(=O)O)COC(C)(C)O4)cc3)cc2)cc1. The predicted octanol–water partition coefficient (Wildman–Crippen LogP) is 7.94. The first-order valence-corrected chi connectivity index (χ1v) is 14.1. The Bertz CT molecular complexity index is 1280. The molecule has 4 rings (SSSR count). The number of rotatable bonds is 13. The van der Waals surface area contributed by atoms with Crippen molar-refractivity contribution in [2.75, 3.05) is 13.2 Å². The molecule has 1 N–H and O–H groups in total. The smallest absolute Gasteiger partial charge is 0.494 e. The molecule has 1 aliphatic rings. The van der Waals surface area contributed by atoms with Crippen molar-refractivity contribution in [1.29, 1.82) is 0 Å². The van der Waals surface area contributed by atoms with Crippen LogP contribution in [0.3, 0.4) is 0 Å². The summed E-state index contributed by atoms with van der Waals surface area (Å²) in [4.78, 5) is 24.0. The van der Waals surface area contributed by atoms with Gasteiger partial charge in [-0.15, -0.1) is 0 Å². The van der Waals surface area contributed by atoms with Gasteiger partial charge in [-0.2, -0.15) is 0 Å². The third-order valence-electron chi connectivity index (χ3n) is 6.85. The van der Waals surface area contributed by atoms with Crippen LogP contribution in [-0.2, 0) is 20.0 Å². The summed E-state index contributed by atoms with van der Waals surface area (Å²) >= 11 is 0. The second-order valence-corrected chi connectivity index (χ2v) is 10.5. The Balaban J connectivity index is 1.31. The van der Waals surface area contributed by atoms with Gasteiger partial charge < -0.3 is 28.8 Å². The van der Waals surface area contributed by atoms with Crippen molar-refractivity contribution < 1.29 is 38.4 Å². The lowest BCUT2D eigenvalue weighted by Crippen LogP contribution is -2.36. The van der Waals surface area contributed by atoms with E-state index in [9.17, 15) is 14.7 Å². The average Bonchev–Trinajstić information content (AvgIpc) is 3.27. The lowest BCUT2D eigenvalue weighted by molar-refractivity contribution is -0.240. The lowest BCUT2D eigenvalue weighted by atomic mass is 10.00. The Morgan fingerprint density at radius 2 is 1.39 bits per heavy atom. The number of benzene rings is 3. The molecule has 0 saturated carbocycles. The first-order chi connectivity index (χ1) is 19.7. The van der Waals surface area contributed by atoms with Gasteiger partial charge in [0.2, 0.25) is 0 Å². The second-order valence-electron chi connectivity index (χ2n) is 10.5. The normalized spacial score (nSPS) is 17.6. The first kappa shape index (κ1) is 30.1. The van der Waals surface area contributed by atoms with Crippen LogP contribution in [0.4, 0.5) is 4.79 Å². The van der Waals surface area contributed by atoms with E-state index in [-0.39, 0.29) is 6.61 Å². The van der Waals surface area contributed by atoms with Gasteiger partial charge in [-0.3, -0.25) is 0 Å². The summed E-state index contributed by atoms with van der Waals surface area (Å²) in [5.74, 6) is -1.81. The highest BCUT2D eigenvalue weighted by Gasteiger charge is 2.50. The second kappa shape index (κ2) is 13.7. The van der Waals surface area contributed by atoms with E-state index in [1.807, 2.05) is 24.3 Å². The van der Waals surface area contributed by atoms with Crippen molar-refractivity contribution in [1.82, 2.24) is 0 Å². The molecule has 0 spiro atoms. The molecule has 8 nitrogen and oxygen atoms in total. The van der Waals surface area contributed by atoms with Crippen LogP contribution >= 0.6 is 0 Å². The van der Waals surface area contributed by atoms with Gasteiger partial charge in [-0.1, -0.05) is 75.4 Å². The van der Waals surface area contributed by atoms with Crippen molar-refractivity contribution in [3.05, 3.63) is 83.9 Å². The highest BCUT2D eigenvalue weighted by Crippen LogP contribution is 2.40. The molecule has 8 heteroatoms. The van der Waals surface area contributed by atoms with E-state index < -0.39 is 23.7 Å². The van der Waals surface area contributed by atoms with Crippen molar-refractivity contribution in [3.8, 4) is 22.6 Å². The van der Waals surface area contributed by atoms with Gasteiger partial charge in [-0.25, -0.2) is 9.59 Å². The molecule has 0 aromatic heterocycles. The summed E-state index contributed by atoms with van der Waals surface area (Å²) in [6.45, 7) is 6.22. The zero-order chi connectivity index (χ0) is 29.3. The Labute approximate surface area is 241 Å². The minimum absolute atomic E-state index is 0.0549. The summed E-state index contributed by atoms with van der Waals surface area (Å²) in [5, 5.41) is 9.25. The molecule has 3 aromatic carbocycles. The number of carbonyl (C=O) groups is 2. The van der Waals surface area contributed by atoms with Gasteiger partial charge >= 0.3 is 12.1 Å². The predicted molar refractivity (Wildman–Crippen MR) is 154 cm³/mol. The van der Waals surface area contributed by atoms with Crippen LogP contribution in [0, 0.1) is 0 Å². The van der Waals surface area contributed by atoms with Crippen molar-refractivity contribution in [2.45, 2.75) is 70.9 Å². The molecule has 0 radical (unpaired) electrons. The molecule has 218 valence electrons. The number of carboxylic acid groups (broad SMARTS) is 1. The highest BCUT2D eigenvalue weighted by molar-refractivity contribution is 5.91. The van der Waals surface area contributed by atoms with E-state index in [0.29, 0.717) is 23.5 Å². The number of unbranched alkanes of at least 4 members (excludes halogenated alkanes) is 5. The maximum Gasteiger partial charge on any atom is 0.508 e. The fourth-order valence-electron chi connectivity index (χ4n) is 4.67. The number of esters is 1. The van der Waals surface area contributed by atoms with Crippen LogP contribution in [0.25, 0.3) is 11.1 Å². The van der Waals surface area contributed by atoms with E-state index in [0.717, 1.165) is 23.3 Å². The van der Waals surface area contributed by atoms with Crippen molar-refractivity contribution in [2.24, 2.45) is 0 Å². The van der Waals surface area contributed by atoms with E-state index in [1.54, 1.807) is 62.4 Å². The largest absolute Gasteiger partial charge is 0.508 e. The van der Waals surface area contributed by atoms with Crippen LogP contribution < -0.4 is 9.47 Å².